The van der Waals surface area contributed by atoms with Gasteiger partial charge in [-0.25, -0.2) is 4.98 Å². The Bertz CT molecular complexity index is 345. The summed E-state index contributed by atoms with van der Waals surface area (Å²) in [7, 11) is 0. The van der Waals surface area contributed by atoms with Crippen LogP contribution in [0.4, 0.5) is 0 Å². The second kappa shape index (κ2) is 5.82. The number of carbonyl (C=O) groups is 1. The minimum atomic E-state index is -0.0283. The van der Waals surface area contributed by atoms with Crippen LogP contribution in [0.15, 0.2) is 12.4 Å². The van der Waals surface area contributed by atoms with Gasteiger partial charge in [0.1, 0.15) is 5.82 Å². The Kier molecular flexibility index (Phi) is 4.14. The molecule has 2 N–H and O–H groups in total. The van der Waals surface area contributed by atoms with Gasteiger partial charge >= 0.3 is 0 Å². The van der Waals surface area contributed by atoms with Crippen molar-refractivity contribution in [3.05, 3.63) is 18.2 Å². The first kappa shape index (κ1) is 12.1. The third-order valence-corrected chi connectivity index (χ3v) is 3.11. The molecule has 2 unspecified atom stereocenters. The van der Waals surface area contributed by atoms with Gasteiger partial charge in [0.2, 0.25) is 5.91 Å². The Hall–Kier alpha value is -1.36. The molecule has 0 spiro atoms. The van der Waals surface area contributed by atoms with Crippen LogP contribution in [-0.2, 0) is 9.53 Å². The largest absolute Gasteiger partial charge is 0.381 e. The van der Waals surface area contributed by atoms with Crippen LogP contribution in [0.5, 0.6) is 0 Å². The summed E-state index contributed by atoms with van der Waals surface area (Å²) < 4.78 is 5.32. The average Bonchev–Trinajstić information content (AvgIpc) is 2.90. The van der Waals surface area contributed by atoms with E-state index in [9.17, 15) is 4.79 Å². The van der Waals surface area contributed by atoms with Crippen LogP contribution < -0.4 is 5.32 Å². The van der Waals surface area contributed by atoms with Crippen LogP contribution in [0.1, 0.15) is 38.1 Å². The minimum Gasteiger partial charge on any atom is -0.381 e. The number of aromatic amines is 1. The van der Waals surface area contributed by atoms with Crippen LogP contribution in [0.3, 0.4) is 0 Å². The summed E-state index contributed by atoms with van der Waals surface area (Å²) in [6.07, 6.45) is 6.19. The highest BCUT2D eigenvalue weighted by molar-refractivity contribution is 5.79. The molecule has 1 aromatic rings. The quantitative estimate of drug-likeness (QED) is 0.832. The molecule has 0 aliphatic carbocycles. The van der Waals surface area contributed by atoms with Crippen molar-refractivity contribution < 1.29 is 9.53 Å². The molecule has 1 aromatic heterocycles. The van der Waals surface area contributed by atoms with E-state index in [2.05, 4.69) is 15.3 Å². The number of carbonyl (C=O) groups excluding carboxylic acids is 1. The van der Waals surface area contributed by atoms with Crippen LogP contribution in [0, 0.1) is 5.92 Å². The number of H-pyrrole nitrogens is 1. The Morgan fingerprint density at radius 3 is 3.24 bits per heavy atom. The minimum absolute atomic E-state index is 0.00670. The van der Waals surface area contributed by atoms with Gasteiger partial charge in [0.05, 0.1) is 18.6 Å². The standard InChI is InChI=1S/C12H19N3O2/c1-2-10(11-13-5-6-14-11)15-12(16)9-4-3-7-17-8-9/h5-6,9-10H,2-4,7-8H2,1H3,(H,13,14)(H,15,16). The van der Waals surface area contributed by atoms with Crippen molar-refractivity contribution in [1.82, 2.24) is 15.3 Å². The normalized spacial score (nSPS) is 22.1. The van der Waals surface area contributed by atoms with Gasteiger partial charge in [0.25, 0.3) is 0 Å². The molecule has 94 valence electrons. The molecule has 1 aliphatic rings. The molecule has 1 aliphatic heterocycles. The van der Waals surface area contributed by atoms with Crippen molar-refractivity contribution in [2.45, 2.75) is 32.2 Å². The van der Waals surface area contributed by atoms with Crippen molar-refractivity contribution in [3.8, 4) is 0 Å². The van der Waals surface area contributed by atoms with Gasteiger partial charge in [-0.15, -0.1) is 0 Å². The maximum Gasteiger partial charge on any atom is 0.226 e. The fourth-order valence-electron chi connectivity index (χ4n) is 2.07. The Balaban J connectivity index is 1.92. The highest BCUT2D eigenvalue weighted by Gasteiger charge is 2.24. The van der Waals surface area contributed by atoms with E-state index in [4.69, 9.17) is 4.74 Å². The van der Waals surface area contributed by atoms with Crippen LogP contribution in [0.2, 0.25) is 0 Å². The van der Waals surface area contributed by atoms with E-state index in [1.807, 2.05) is 6.92 Å². The van der Waals surface area contributed by atoms with E-state index in [-0.39, 0.29) is 17.9 Å². The van der Waals surface area contributed by atoms with Gasteiger partial charge in [0, 0.05) is 19.0 Å². The van der Waals surface area contributed by atoms with Gasteiger partial charge < -0.3 is 15.0 Å². The first-order valence-electron chi connectivity index (χ1n) is 6.18. The Morgan fingerprint density at radius 1 is 1.76 bits per heavy atom. The molecule has 1 fully saturated rings. The first-order valence-corrected chi connectivity index (χ1v) is 6.18. The zero-order valence-corrected chi connectivity index (χ0v) is 10.1. The van der Waals surface area contributed by atoms with E-state index in [1.54, 1.807) is 12.4 Å². The fourth-order valence-corrected chi connectivity index (χ4v) is 2.07. The highest BCUT2D eigenvalue weighted by atomic mass is 16.5. The average molecular weight is 237 g/mol. The molecular weight excluding hydrogens is 218 g/mol. The van der Waals surface area contributed by atoms with Crippen molar-refractivity contribution in [1.29, 1.82) is 0 Å². The summed E-state index contributed by atoms with van der Waals surface area (Å²) in [5, 5.41) is 3.03. The predicted octanol–water partition coefficient (Wildman–Crippen LogP) is 1.40. The molecule has 2 heterocycles. The molecule has 2 atom stereocenters. The molecule has 5 heteroatoms. The van der Waals surface area contributed by atoms with Crippen LogP contribution in [0.25, 0.3) is 0 Å². The monoisotopic (exact) mass is 237 g/mol. The number of hydrogen-bond donors (Lipinski definition) is 2. The van der Waals surface area contributed by atoms with Crippen molar-refractivity contribution >= 4 is 5.91 Å². The van der Waals surface area contributed by atoms with Gasteiger partial charge in [-0.2, -0.15) is 0 Å². The smallest absolute Gasteiger partial charge is 0.226 e. The van der Waals surface area contributed by atoms with Crippen LogP contribution in [-0.4, -0.2) is 29.1 Å². The number of nitrogens with zero attached hydrogens (tertiary/aromatic N) is 1. The van der Waals surface area contributed by atoms with E-state index in [0.29, 0.717) is 6.61 Å². The number of hydrogen-bond acceptors (Lipinski definition) is 3. The van der Waals surface area contributed by atoms with Gasteiger partial charge in [-0.1, -0.05) is 6.92 Å². The zero-order chi connectivity index (χ0) is 12.1. The van der Waals surface area contributed by atoms with Crippen LogP contribution >= 0.6 is 0 Å². The maximum absolute atomic E-state index is 12.0. The summed E-state index contributed by atoms with van der Waals surface area (Å²) in [6.45, 7) is 3.35. The fraction of sp³-hybridized carbons (Fsp3) is 0.667. The molecule has 0 radical (unpaired) electrons. The molecule has 0 saturated carbocycles. The lowest BCUT2D eigenvalue weighted by molar-refractivity contribution is -0.129. The molecule has 5 nitrogen and oxygen atoms in total. The molecule has 0 aromatic carbocycles. The number of nitrogens with one attached hydrogen (secondary N) is 2. The molecule has 2 rings (SSSR count). The lowest BCUT2D eigenvalue weighted by Crippen LogP contribution is -2.37. The Morgan fingerprint density at radius 2 is 2.65 bits per heavy atom. The van der Waals surface area contributed by atoms with Gasteiger partial charge in [-0.3, -0.25) is 4.79 Å². The zero-order valence-electron chi connectivity index (χ0n) is 10.1. The third-order valence-electron chi connectivity index (χ3n) is 3.11. The SMILES string of the molecule is CCC(NC(=O)C1CCCOC1)c1ncc[nH]1. The molecular formula is C12H19N3O2. The van der Waals surface area contributed by atoms with E-state index in [1.165, 1.54) is 0 Å². The number of aromatic nitrogens is 2. The lowest BCUT2D eigenvalue weighted by atomic mass is 10.0. The predicted molar refractivity (Wildman–Crippen MR) is 63.3 cm³/mol. The van der Waals surface area contributed by atoms with Crippen molar-refractivity contribution in [3.63, 3.8) is 0 Å². The lowest BCUT2D eigenvalue weighted by Gasteiger charge is -2.23. The summed E-state index contributed by atoms with van der Waals surface area (Å²) in [4.78, 5) is 19.3. The summed E-state index contributed by atoms with van der Waals surface area (Å²) in [6, 6.07) is -0.0283. The number of imidazole rings is 1. The first-order chi connectivity index (χ1) is 8.31. The number of rotatable bonds is 4. The van der Waals surface area contributed by atoms with Crippen molar-refractivity contribution in [2.24, 2.45) is 5.92 Å². The topological polar surface area (TPSA) is 67.0 Å². The summed E-state index contributed by atoms with van der Waals surface area (Å²) in [5.41, 5.74) is 0. The molecule has 1 saturated heterocycles. The third kappa shape index (κ3) is 3.06. The second-order valence-electron chi connectivity index (χ2n) is 4.36. The summed E-state index contributed by atoms with van der Waals surface area (Å²) >= 11 is 0. The van der Waals surface area contributed by atoms with Crippen molar-refractivity contribution in [2.75, 3.05) is 13.2 Å². The summed E-state index contributed by atoms with van der Waals surface area (Å²) in [5.74, 6) is 0.887. The number of amides is 1. The maximum atomic E-state index is 12.0. The van der Waals surface area contributed by atoms with E-state index < -0.39 is 0 Å². The second-order valence-corrected chi connectivity index (χ2v) is 4.36. The van der Waals surface area contributed by atoms with E-state index in [0.717, 1.165) is 31.7 Å². The molecule has 17 heavy (non-hydrogen) atoms. The molecule has 1 amide bonds. The number of ether oxygens (including phenoxy) is 1. The van der Waals surface area contributed by atoms with Gasteiger partial charge in [-0.05, 0) is 19.3 Å². The Labute approximate surface area is 101 Å². The molecule has 0 bridgehead atoms. The van der Waals surface area contributed by atoms with Gasteiger partial charge in [0.15, 0.2) is 0 Å². The van der Waals surface area contributed by atoms with E-state index >= 15 is 0 Å². The highest BCUT2D eigenvalue weighted by Crippen LogP contribution is 2.17.